The van der Waals surface area contributed by atoms with E-state index >= 15 is 0 Å². The van der Waals surface area contributed by atoms with Crippen molar-refractivity contribution in [1.29, 1.82) is 0 Å². The quantitative estimate of drug-likeness (QED) is 0.725. The highest BCUT2D eigenvalue weighted by atomic mass is 16.5. The first-order valence-corrected chi connectivity index (χ1v) is 6.29. The molecule has 0 aliphatic carbocycles. The average molecular weight is 214 g/mol. The minimum atomic E-state index is 0.453. The van der Waals surface area contributed by atoms with Crippen molar-refractivity contribution in [1.82, 2.24) is 10.2 Å². The van der Waals surface area contributed by atoms with Crippen LogP contribution in [0.3, 0.4) is 0 Å². The molecule has 90 valence electrons. The predicted molar refractivity (Wildman–Crippen MR) is 64.2 cm³/mol. The summed E-state index contributed by atoms with van der Waals surface area (Å²) < 4.78 is 5.46. The van der Waals surface area contributed by atoms with Crippen LogP contribution in [0.2, 0.25) is 0 Å². The van der Waals surface area contributed by atoms with Crippen LogP contribution >= 0.6 is 0 Å². The number of ether oxygens (including phenoxy) is 1. The van der Waals surface area contributed by atoms with E-state index in [2.05, 4.69) is 24.1 Å². The van der Waals surface area contributed by atoms with Crippen molar-refractivity contribution in [3.8, 4) is 0 Å². The molecule has 0 aromatic heterocycles. The minimum absolute atomic E-state index is 0.453. The van der Waals surface area contributed by atoms with E-state index in [0.29, 0.717) is 12.1 Å². The smallest absolute Gasteiger partial charge is 0.0698 e. The molecule has 0 bridgehead atoms. The topological polar surface area (TPSA) is 24.5 Å². The van der Waals surface area contributed by atoms with Gasteiger partial charge in [-0.3, -0.25) is 4.90 Å². The van der Waals surface area contributed by atoms with Gasteiger partial charge in [-0.2, -0.15) is 0 Å². The maximum absolute atomic E-state index is 5.46. The van der Waals surface area contributed by atoms with Crippen LogP contribution in [0.15, 0.2) is 0 Å². The first kappa shape index (κ1) is 12.9. The fraction of sp³-hybridized carbons (Fsp3) is 1.00. The number of methoxy groups -OCH3 is 1. The van der Waals surface area contributed by atoms with Crippen molar-refractivity contribution in [3.05, 3.63) is 0 Å². The number of piperidine rings is 1. The van der Waals surface area contributed by atoms with Crippen LogP contribution in [-0.4, -0.2) is 50.3 Å². The summed E-state index contributed by atoms with van der Waals surface area (Å²) in [5, 5.41) is 3.45. The normalized spacial score (nSPS) is 25.4. The van der Waals surface area contributed by atoms with Crippen LogP contribution < -0.4 is 5.32 Å². The Morgan fingerprint density at radius 1 is 1.47 bits per heavy atom. The third kappa shape index (κ3) is 4.09. The zero-order valence-electron chi connectivity index (χ0n) is 10.5. The highest BCUT2D eigenvalue weighted by molar-refractivity contribution is 4.80. The van der Waals surface area contributed by atoms with E-state index < -0.39 is 0 Å². The summed E-state index contributed by atoms with van der Waals surface area (Å²) in [5.74, 6) is 0. The summed E-state index contributed by atoms with van der Waals surface area (Å²) in [6.07, 6.45) is 4.18. The van der Waals surface area contributed by atoms with Crippen LogP contribution in [0.25, 0.3) is 0 Å². The molecule has 2 unspecified atom stereocenters. The number of likely N-dealkylation sites (N-methyl/N-ethyl adjacent to an activating group) is 1. The lowest BCUT2D eigenvalue weighted by Crippen LogP contribution is -2.48. The molecule has 0 aromatic rings. The SMILES string of the molecule is CCNCC(CC)N1CCCC(OC)C1. The van der Waals surface area contributed by atoms with Crippen LogP contribution in [0.4, 0.5) is 0 Å². The van der Waals surface area contributed by atoms with Gasteiger partial charge in [0.05, 0.1) is 6.10 Å². The summed E-state index contributed by atoms with van der Waals surface area (Å²) in [4.78, 5) is 2.58. The summed E-state index contributed by atoms with van der Waals surface area (Å²) >= 11 is 0. The third-order valence-corrected chi connectivity index (χ3v) is 3.36. The summed E-state index contributed by atoms with van der Waals surface area (Å²) in [5.41, 5.74) is 0. The average Bonchev–Trinajstić information content (AvgIpc) is 2.30. The van der Waals surface area contributed by atoms with Crippen LogP contribution in [-0.2, 0) is 4.74 Å². The Morgan fingerprint density at radius 3 is 2.87 bits per heavy atom. The second kappa shape index (κ2) is 7.20. The highest BCUT2D eigenvalue weighted by Crippen LogP contribution is 2.16. The summed E-state index contributed by atoms with van der Waals surface area (Å²) in [6, 6.07) is 0.683. The molecule has 0 aromatic carbocycles. The first-order valence-electron chi connectivity index (χ1n) is 6.29. The molecular weight excluding hydrogens is 188 g/mol. The molecule has 2 atom stereocenters. The largest absolute Gasteiger partial charge is 0.380 e. The molecule has 1 fully saturated rings. The molecule has 1 rings (SSSR count). The molecule has 15 heavy (non-hydrogen) atoms. The molecule has 1 N–H and O–H groups in total. The fourth-order valence-corrected chi connectivity index (χ4v) is 2.33. The van der Waals surface area contributed by atoms with E-state index in [0.717, 1.165) is 19.6 Å². The molecule has 0 amide bonds. The Labute approximate surface area is 94.2 Å². The van der Waals surface area contributed by atoms with Crippen molar-refractivity contribution < 1.29 is 4.74 Å². The summed E-state index contributed by atoms with van der Waals surface area (Å²) in [6.45, 7) is 8.98. The molecule has 3 heteroatoms. The van der Waals surface area contributed by atoms with E-state index in [4.69, 9.17) is 4.74 Å². The highest BCUT2D eigenvalue weighted by Gasteiger charge is 2.24. The summed E-state index contributed by atoms with van der Waals surface area (Å²) in [7, 11) is 1.83. The van der Waals surface area contributed by atoms with Crippen LogP contribution in [0.1, 0.15) is 33.1 Å². The molecule has 0 saturated carbocycles. The molecule has 3 nitrogen and oxygen atoms in total. The van der Waals surface area contributed by atoms with Gasteiger partial charge in [-0.05, 0) is 32.4 Å². The lowest BCUT2D eigenvalue weighted by atomic mass is 10.0. The predicted octanol–water partition coefficient (Wildman–Crippen LogP) is 1.49. The van der Waals surface area contributed by atoms with Crippen LogP contribution in [0.5, 0.6) is 0 Å². The van der Waals surface area contributed by atoms with Crippen molar-refractivity contribution in [2.75, 3.05) is 33.3 Å². The van der Waals surface area contributed by atoms with E-state index in [1.165, 1.54) is 25.8 Å². The van der Waals surface area contributed by atoms with Gasteiger partial charge in [0.1, 0.15) is 0 Å². The van der Waals surface area contributed by atoms with Gasteiger partial charge in [-0.1, -0.05) is 13.8 Å². The third-order valence-electron chi connectivity index (χ3n) is 3.36. The van der Waals surface area contributed by atoms with Gasteiger partial charge in [0.2, 0.25) is 0 Å². The van der Waals surface area contributed by atoms with Crippen molar-refractivity contribution in [2.24, 2.45) is 0 Å². The second-order valence-corrected chi connectivity index (χ2v) is 4.36. The number of nitrogens with zero attached hydrogens (tertiary/aromatic N) is 1. The molecular formula is C12H26N2O. The van der Waals surface area contributed by atoms with Gasteiger partial charge in [0.15, 0.2) is 0 Å². The molecule has 1 aliphatic heterocycles. The number of hydrogen-bond donors (Lipinski definition) is 1. The zero-order chi connectivity index (χ0) is 11.1. The Bertz CT molecular complexity index is 164. The number of rotatable bonds is 6. The minimum Gasteiger partial charge on any atom is -0.380 e. The van der Waals surface area contributed by atoms with E-state index in [9.17, 15) is 0 Å². The maximum Gasteiger partial charge on any atom is 0.0698 e. The molecule has 0 radical (unpaired) electrons. The number of nitrogens with one attached hydrogen (secondary N) is 1. The van der Waals surface area contributed by atoms with E-state index in [1.807, 2.05) is 7.11 Å². The van der Waals surface area contributed by atoms with Gasteiger partial charge < -0.3 is 10.1 Å². The molecule has 1 heterocycles. The van der Waals surface area contributed by atoms with Gasteiger partial charge in [0, 0.05) is 26.2 Å². The van der Waals surface area contributed by atoms with E-state index in [1.54, 1.807) is 0 Å². The molecule has 0 spiro atoms. The Balaban J connectivity index is 2.37. The van der Waals surface area contributed by atoms with Crippen molar-refractivity contribution >= 4 is 0 Å². The molecule has 1 saturated heterocycles. The monoisotopic (exact) mass is 214 g/mol. The Morgan fingerprint density at radius 2 is 2.27 bits per heavy atom. The maximum atomic E-state index is 5.46. The van der Waals surface area contributed by atoms with Crippen molar-refractivity contribution in [2.45, 2.75) is 45.3 Å². The fourth-order valence-electron chi connectivity index (χ4n) is 2.33. The van der Waals surface area contributed by atoms with E-state index in [-0.39, 0.29) is 0 Å². The number of hydrogen-bond acceptors (Lipinski definition) is 3. The van der Waals surface area contributed by atoms with Gasteiger partial charge in [-0.25, -0.2) is 0 Å². The van der Waals surface area contributed by atoms with Crippen molar-refractivity contribution in [3.63, 3.8) is 0 Å². The second-order valence-electron chi connectivity index (χ2n) is 4.36. The Hall–Kier alpha value is -0.120. The lowest BCUT2D eigenvalue weighted by molar-refractivity contribution is 0.0140. The Kier molecular flexibility index (Phi) is 6.22. The van der Waals surface area contributed by atoms with Gasteiger partial charge >= 0.3 is 0 Å². The molecule has 1 aliphatic rings. The van der Waals surface area contributed by atoms with Gasteiger partial charge in [-0.15, -0.1) is 0 Å². The van der Waals surface area contributed by atoms with Gasteiger partial charge in [0.25, 0.3) is 0 Å². The first-order chi connectivity index (χ1) is 7.31. The van der Waals surface area contributed by atoms with Crippen LogP contribution in [0, 0.1) is 0 Å². The lowest BCUT2D eigenvalue weighted by Gasteiger charge is -2.37. The number of likely N-dealkylation sites (tertiary alicyclic amines) is 1. The zero-order valence-corrected chi connectivity index (χ0v) is 10.5. The standard InChI is InChI=1S/C12H26N2O/c1-4-11(9-13-5-2)14-8-6-7-12(10-14)15-3/h11-13H,4-10H2,1-3H3.